The predicted molar refractivity (Wildman–Crippen MR) is 73.9 cm³/mol. The summed E-state index contributed by atoms with van der Waals surface area (Å²) in [6.07, 6.45) is -4.90. The van der Waals surface area contributed by atoms with Crippen LogP contribution in [0.2, 0.25) is 0 Å². The van der Waals surface area contributed by atoms with Crippen LogP contribution in [0.15, 0.2) is 0 Å². The molecule has 11 heteroatoms. The van der Waals surface area contributed by atoms with E-state index in [1.54, 1.807) is 0 Å². The number of hydrogen-bond donors (Lipinski definition) is 5. The van der Waals surface area contributed by atoms with Gasteiger partial charge in [-0.1, -0.05) is 0 Å². The van der Waals surface area contributed by atoms with Crippen molar-refractivity contribution in [3.8, 4) is 0 Å². The van der Waals surface area contributed by atoms with Crippen LogP contribution in [0.5, 0.6) is 0 Å². The number of carbonyl (C=O) groups excluding carboxylic acids is 2. The fraction of sp³-hybridized carbons (Fsp3) is 0.800. The van der Waals surface area contributed by atoms with E-state index >= 15 is 0 Å². The first-order valence-corrected chi connectivity index (χ1v) is 9.43. The van der Waals surface area contributed by atoms with E-state index in [1.165, 1.54) is 6.92 Å². The molecule has 0 spiro atoms. The van der Waals surface area contributed by atoms with E-state index in [0.29, 0.717) is 4.55 Å². The van der Waals surface area contributed by atoms with Gasteiger partial charge in [-0.3, -0.25) is 0 Å². The van der Waals surface area contributed by atoms with Crippen molar-refractivity contribution in [3.05, 3.63) is 0 Å². The molecule has 9 nitrogen and oxygen atoms in total. The Labute approximate surface area is 145 Å². The van der Waals surface area contributed by atoms with Crippen molar-refractivity contribution in [2.45, 2.75) is 37.6 Å². The number of hydrogen-bond acceptors (Lipinski definition) is 7. The van der Waals surface area contributed by atoms with Crippen molar-refractivity contribution in [3.63, 3.8) is 0 Å². The Bertz CT molecular complexity index is 373. The molecular weight excluding hydrogens is 514 g/mol. The molecule has 0 bridgehead atoms. The summed E-state index contributed by atoms with van der Waals surface area (Å²) < 4.78 is 10.8. The van der Waals surface area contributed by atoms with Gasteiger partial charge in [0.2, 0.25) is 0 Å². The van der Waals surface area contributed by atoms with Crippen molar-refractivity contribution >= 4 is 32.4 Å². The molecule has 1 heterocycles. The molecule has 5 atom stereocenters. The Morgan fingerprint density at radius 1 is 1.38 bits per heavy atom. The maximum absolute atomic E-state index is 11.4. The van der Waals surface area contributed by atoms with E-state index < -0.39 is 64.8 Å². The van der Waals surface area contributed by atoms with Crippen molar-refractivity contribution in [2.75, 3.05) is 11.2 Å². The molecule has 2 amide bonds. The summed E-state index contributed by atoms with van der Waals surface area (Å²) in [4.78, 5) is 22.6. The van der Waals surface area contributed by atoms with Crippen LogP contribution in [-0.4, -0.2) is 66.9 Å². The Morgan fingerprint density at radius 2 is 2.05 bits per heavy atom. The van der Waals surface area contributed by atoms with E-state index in [4.69, 9.17) is 12.9 Å². The number of ether oxygens (including phenoxy) is 1. The van der Waals surface area contributed by atoms with Gasteiger partial charge < -0.3 is 0 Å². The number of alkyl halides is 1. The van der Waals surface area contributed by atoms with Crippen molar-refractivity contribution < 1.29 is 54.3 Å². The van der Waals surface area contributed by atoms with Crippen LogP contribution >= 0.6 is 22.6 Å². The summed E-state index contributed by atoms with van der Waals surface area (Å²) in [5.41, 5.74) is 0. The van der Waals surface area contributed by atoms with Crippen LogP contribution in [0.4, 0.5) is 4.79 Å². The first-order chi connectivity index (χ1) is 9.90. The van der Waals surface area contributed by atoms with E-state index in [2.05, 4.69) is 10.6 Å². The molecule has 0 saturated carbocycles. The van der Waals surface area contributed by atoms with Crippen molar-refractivity contribution in [1.29, 1.82) is 0 Å². The monoisotopic (exact) mass is 531 g/mol. The summed E-state index contributed by atoms with van der Waals surface area (Å²) in [7, 11) is 0. The fourth-order valence-corrected chi connectivity index (χ4v) is 4.05. The number of aliphatic hydroxyl groups is 3. The third kappa shape index (κ3) is 5.72. The minimum atomic E-state index is -1.39. The SMILES string of the molecule is CC(=O)N[C@H]1[C@H](O[I-]C(=O)NCI)O[C@H](CO)[C@H](O)[C@@H]1O. The fourth-order valence-electron chi connectivity index (χ4n) is 1.71. The molecule has 0 radical (unpaired) electrons. The van der Waals surface area contributed by atoms with Gasteiger partial charge in [-0.15, -0.1) is 0 Å². The van der Waals surface area contributed by atoms with Gasteiger partial charge >= 0.3 is 146 Å². The number of nitrogens with one attached hydrogen (secondary N) is 2. The number of halogens is 2. The number of aliphatic hydroxyl groups excluding tert-OH is 3. The quantitative estimate of drug-likeness (QED) is 0.100. The molecule has 0 aromatic heterocycles. The first-order valence-electron chi connectivity index (χ1n) is 5.94. The summed E-state index contributed by atoms with van der Waals surface area (Å²) in [6.45, 7) is 0.718. The van der Waals surface area contributed by atoms with Crippen LogP contribution in [-0.2, 0) is 12.6 Å². The normalized spacial score (nSPS) is 32.7. The number of rotatable bonds is 6. The van der Waals surface area contributed by atoms with E-state index in [9.17, 15) is 19.8 Å². The Morgan fingerprint density at radius 3 is 2.57 bits per heavy atom. The van der Waals surface area contributed by atoms with Crippen LogP contribution in [0.3, 0.4) is 0 Å². The minimum absolute atomic E-state index is 0.283. The standard InChI is InChI=1S/C10H17I2N2O7/c1-4(16)14-6-8(18)7(17)5(2-15)20-9(6)21-12-10(19)13-3-11/h5-9,15,17-18H,2-3H2,1H3,(H,13,19)(H,14,16)/q-1/t5-,6-,7+,8-,9+/m1/s1. The summed E-state index contributed by atoms with van der Waals surface area (Å²) >= 11 is 0.581. The van der Waals surface area contributed by atoms with E-state index in [-0.39, 0.29) is 3.91 Å². The Kier molecular flexibility index (Phi) is 8.58. The van der Waals surface area contributed by atoms with E-state index in [0.717, 1.165) is 0 Å². The van der Waals surface area contributed by atoms with Crippen LogP contribution in [0, 0.1) is 0 Å². The van der Waals surface area contributed by atoms with Gasteiger partial charge in [0, 0.05) is 0 Å². The van der Waals surface area contributed by atoms with Crippen LogP contribution < -0.4 is 32.3 Å². The Hall–Kier alpha value is 0.200. The zero-order chi connectivity index (χ0) is 16.0. The zero-order valence-electron chi connectivity index (χ0n) is 11.0. The van der Waals surface area contributed by atoms with Gasteiger partial charge in [-0.25, -0.2) is 0 Å². The average Bonchev–Trinajstić information content (AvgIpc) is 2.43. The summed E-state index contributed by atoms with van der Waals surface area (Å²) in [6, 6.07) is -1.02. The molecule has 21 heavy (non-hydrogen) atoms. The topological polar surface area (TPSA) is 137 Å². The van der Waals surface area contributed by atoms with Gasteiger partial charge in [0.15, 0.2) is 0 Å². The second kappa shape index (κ2) is 9.36. The molecule has 0 aromatic rings. The zero-order valence-corrected chi connectivity index (χ0v) is 15.3. The summed E-state index contributed by atoms with van der Waals surface area (Å²) in [5, 5.41) is 33.9. The second-order valence-corrected chi connectivity index (χ2v) is 6.87. The van der Waals surface area contributed by atoms with Gasteiger partial charge in [-0.2, -0.15) is 0 Å². The van der Waals surface area contributed by atoms with Gasteiger partial charge in [-0.05, 0) is 0 Å². The van der Waals surface area contributed by atoms with Gasteiger partial charge in [0.05, 0.1) is 0 Å². The van der Waals surface area contributed by atoms with Crippen LogP contribution in [0.1, 0.15) is 6.92 Å². The molecule has 0 aromatic carbocycles. The molecule has 1 aliphatic heterocycles. The van der Waals surface area contributed by atoms with Gasteiger partial charge in [0.25, 0.3) is 0 Å². The average molecular weight is 531 g/mol. The van der Waals surface area contributed by atoms with Gasteiger partial charge in [0.1, 0.15) is 0 Å². The third-order valence-corrected chi connectivity index (χ3v) is 4.58. The molecule has 5 N–H and O–H groups in total. The molecule has 1 rings (SSSR count). The molecule has 0 aliphatic carbocycles. The summed E-state index contributed by atoms with van der Waals surface area (Å²) in [5.74, 6) is -0.444. The molecule has 124 valence electrons. The second-order valence-electron chi connectivity index (χ2n) is 4.18. The number of carbonyl (C=O) groups is 2. The van der Waals surface area contributed by atoms with E-state index in [1.807, 2.05) is 22.6 Å². The molecule has 1 fully saturated rings. The number of amides is 2. The third-order valence-electron chi connectivity index (χ3n) is 2.66. The molecule has 1 saturated heterocycles. The maximum atomic E-state index is 11.4. The molecule has 0 unspecified atom stereocenters. The molecular formula is C10H17I2N2O7-. The predicted octanol–water partition coefficient (Wildman–Crippen LogP) is -4.95. The molecule has 1 aliphatic rings. The Balaban J connectivity index is 2.73. The van der Waals surface area contributed by atoms with Crippen LogP contribution in [0.25, 0.3) is 0 Å². The van der Waals surface area contributed by atoms with Crippen molar-refractivity contribution in [1.82, 2.24) is 10.6 Å². The van der Waals surface area contributed by atoms with Crippen molar-refractivity contribution in [2.24, 2.45) is 0 Å². The first kappa shape index (κ1) is 19.2.